The van der Waals surface area contributed by atoms with E-state index in [0.29, 0.717) is 5.16 Å². The maximum atomic E-state index is 9.33. The quantitative estimate of drug-likeness (QED) is 0.0556. The fourth-order valence-electron chi connectivity index (χ4n) is 5.71. The van der Waals surface area contributed by atoms with Gasteiger partial charge in [0, 0.05) is 0 Å². The molecule has 0 rings (SSSR count). The Hall–Kier alpha value is 0.300. The Morgan fingerprint density at radius 1 is 0.564 bits per heavy atom. The van der Waals surface area contributed by atoms with Gasteiger partial charge in [0.15, 0.2) is 0 Å². The number of rotatable bonds is 28. The smallest absolute Gasteiger partial charge is 0.264 e. The van der Waals surface area contributed by atoms with Gasteiger partial charge in [-0.3, -0.25) is 8.74 Å². The summed E-state index contributed by atoms with van der Waals surface area (Å²) in [7, 11) is 0.194. The van der Waals surface area contributed by atoms with Crippen LogP contribution in [0, 0.1) is 5.92 Å². The highest BCUT2D eigenvalue weighted by atomic mass is 32.3. The van der Waals surface area contributed by atoms with Crippen LogP contribution in [0.2, 0.25) is 0 Å². The van der Waals surface area contributed by atoms with Gasteiger partial charge < -0.3 is 0 Å². The van der Waals surface area contributed by atoms with E-state index < -0.39 is 10.4 Å². The lowest BCUT2D eigenvalue weighted by molar-refractivity contribution is 0.270. The Morgan fingerprint density at radius 3 is 1.13 bits per heavy atom. The van der Waals surface area contributed by atoms with Gasteiger partial charge >= 0.3 is 10.4 Å². The second-order valence-electron chi connectivity index (χ2n) is 12.0. The van der Waals surface area contributed by atoms with Gasteiger partial charge in [-0.1, -0.05) is 169 Å². The number of unbranched alkanes of at least 4 members (excludes halogenated alkanes) is 18. The first-order valence-corrected chi connectivity index (χ1v) is 19.0. The summed E-state index contributed by atoms with van der Waals surface area (Å²) < 4.78 is 29.7. The van der Waals surface area contributed by atoms with Gasteiger partial charge in [-0.15, -0.1) is 9.24 Å². The molecule has 0 aliphatic heterocycles. The number of hydrogen-bond donors (Lipinski definition) is 1. The SMILES string of the molecule is CCCCCCCCCCCCC(CCCCCC)C(P)(CCCCCC)CCCCCC.COS(=O)(=O)O. The molecule has 0 fully saturated rings. The van der Waals surface area contributed by atoms with Crippen LogP contribution in [0.3, 0.4) is 0 Å². The van der Waals surface area contributed by atoms with E-state index in [4.69, 9.17) is 4.55 Å². The standard InChI is InChI=1S/C32H67P.CH4O4S/c1-5-9-13-17-18-19-20-21-22-24-28-31(27-23-14-10-6-2)32(33,29-25-15-11-7-3)30-26-16-12-8-4;1-5-6(2,3)4/h31H,5-30,33H2,1-4H3;1H3,(H,2,3,4). The third-order valence-corrected chi connectivity index (χ3v) is 9.80. The summed E-state index contributed by atoms with van der Waals surface area (Å²) >= 11 is 0. The van der Waals surface area contributed by atoms with Crippen molar-refractivity contribution in [2.45, 2.75) is 200 Å². The lowest BCUT2D eigenvalue weighted by Gasteiger charge is -2.39. The van der Waals surface area contributed by atoms with E-state index in [1.807, 2.05) is 0 Å². The third kappa shape index (κ3) is 29.6. The fourth-order valence-corrected chi connectivity index (χ4v) is 6.45. The molecule has 0 aromatic heterocycles. The maximum absolute atomic E-state index is 9.33. The highest BCUT2D eigenvalue weighted by Crippen LogP contribution is 2.44. The van der Waals surface area contributed by atoms with E-state index in [2.05, 4.69) is 41.1 Å². The zero-order valence-corrected chi connectivity index (χ0v) is 29.1. The van der Waals surface area contributed by atoms with E-state index in [-0.39, 0.29) is 0 Å². The van der Waals surface area contributed by atoms with Crippen LogP contribution in [0.25, 0.3) is 0 Å². The summed E-state index contributed by atoms with van der Waals surface area (Å²) in [6, 6.07) is 0. The molecule has 238 valence electrons. The molecule has 0 aliphatic rings. The summed E-state index contributed by atoms with van der Waals surface area (Å²) in [5.74, 6) is 0.941. The van der Waals surface area contributed by atoms with E-state index in [0.717, 1.165) is 13.0 Å². The Kier molecular flexibility index (Phi) is 31.6. The van der Waals surface area contributed by atoms with Crippen molar-refractivity contribution in [2.24, 2.45) is 5.92 Å². The van der Waals surface area contributed by atoms with E-state index in [1.165, 1.54) is 167 Å². The van der Waals surface area contributed by atoms with Crippen LogP contribution >= 0.6 is 9.24 Å². The molecule has 6 heteroatoms. The van der Waals surface area contributed by atoms with Crippen molar-refractivity contribution in [1.82, 2.24) is 0 Å². The van der Waals surface area contributed by atoms with Gasteiger partial charge in [0.25, 0.3) is 0 Å². The van der Waals surface area contributed by atoms with Gasteiger partial charge in [-0.25, -0.2) is 0 Å². The Labute approximate surface area is 249 Å². The monoisotopic (exact) mass is 594 g/mol. The maximum Gasteiger partial charge on any atom is 0.397 e. The molecule has 39 heavy (non-hydrogen) atoms. The Bertz CT molecular complexity index is 570. The van der Waals surface area contributed by atoms with E-state index in [9.17, 15) is 8.42 Å². The van der Waals surface area contributed by atoms with E-state index in [1.54, 1.807) is 0 Å². The lowest BCUT2D eigenvalue weighted by Crippen LogP contribution is -2.32. The van der Waals surface area contributed by atoms with Gasteiger partial charge in [-0.05, 0) is 36.8 Å². The van der Waals surface area contributed by atoms with Gasteiger partial charge in [0.1, 0.15) is 0 Å². The minimum Gasteiger partial charge on any atom is -0.264 e. The van der Waals surface area contributed by atoms with Crippen molar-refractivity contribution in [1.29, 1.82) is 0 Å². The van der Waals surface area contributed by atoms with Crippen molar-refractivity contribution in [2.75, 3.05) is 7.11 Å². The zero-order chi connectivity index (χ0) is 29.7. The molecule has 0 bridgehead atoms. The van der Waals surface area contributed by atoms with Crippen molar-refractivity contribution >= 4 is 19.6 Å². The first kappa shape index (κ1) is 41.4. The largest absolute Gasteiger partial charge is 0.397 e. The Morgan fingerprint density at radius 2 is 0.821 bits per heavy atom. The van der Waals surface area contributed by atoms with Gasteiger partial charge in [0.05, 0.1) is 7.11 Å². The molecule has 0 aromatic carbocycles. The minimum absolute atomic E-state index is 0.521. The van der Waals surface area contributed by atoms with Crippen molar-refractivity contribution in [3.05, 3.63) is 0 Å². The second kappa shape index (κ2) is 29.8. The average molecular weight is 595 g/mol. The highest BCUT2D eigenvalue weighted by molar-refractivity contribution is 7.80. The molecule has 4 nitrogen and oxygen atoms in total. The second-order valence-corrected chi connectivity index (χ2v) is 14.3. The molecular formula is C33H71O4PS. The molecular weight excluding hydrogens is 523 g/mol. The van der Waals surface area contributed by atoms with Gasteiger partial charge in [0.2, 0.25) is 0 Å². The Balaban J connectivity index is 0. The van der Waals surface area contributed by atoms with E-state index >= 15 is 0 Å². The first-order chi connectivity index (χ1) is 18.7. The third-order valence-electron chi connectivity index (χ3n) is 8.33. The molecule has 2 atom stereocenters. The topological polar surface area (TPSA) is 63.6 Å². The average Bonchev–Trinajstić information content (AvgIpc) is 2.91. The summed E-state index contributed by atoms with van der Waals surface area (Å²) in [4.78, 5) is 0. The molecule has 0 radical (unpaired) electrons. The van der Waals surface area contributed by atoms with Gasteiger partial charge in [-0.2, -0.15) is 8.42 Å². The van der Waals surface area contributed by atoms with Crippen LogP contribution < -0.4 is 0 Å². The van der Waals surface area contributed by atoms with Crippen molar-refractivity contribution in [3.8, 4) is 0 Å². The van der Waals surface area contributed by atoms with Crippen molar-refractivity contribution in [3.63, 3.8) is 0 Å². The normalized spacial score (nSPS) is 12.8. The van der Waals surface area contributed by atoms with Crippen LogP contribution in [0.4, 0.5) is 0 Å². The van der Waals surface area contributed by atoms with Crippen molar-refractivity contribution < 1.29 is 17.2 Å². The van der Waals surface area contributed by atoms with Crippen LogP contribution in [-0.2, 0) is 14.6 Å². The molecule has 0 aliphatic carbocycles. The lowest BCUT2D eigenvalue weighted by atomic mass is 9.77. The molecule has 0 saturated carbocycles. The highest BCUT2D eigenvalue weighted by Gasteiger charge is 2.32. The molecule has 0 saturated heterocycles. The predicted molar refractivity (Wildman–Crippen MR) is 177 cm³/mol. The fraction of sp³-hybridized carbons (Fsp3) is 1.00. The summed E-state index contributed by atoms with van der Waals surface area (Å²) in [5, 5.41) is 0.521. The first-order valence-electron chi connectivity index (χ1n) is 17.0. The van der Waals surface area contributed by atoms with Crippen LogP contribution in [-0.4, -0.2) is 25.2 Å². The molecule has 0 heterocycles. The number of hydrogen-bond acceptors (Lipinski definition) is 3. The predicted octanol–water partition coefficient (Wildman–Crippen LogP) is 11.9. The molecule has 0 amide bonds. The van der Waals surface area contributed by atoms with Crippen LogP contribution in [0.5, 0.6) is 0 Å². The molecule has 1 N–H and O–H groups in total. The zero-order valence-electron chi connectivity index (χ0n) is 27.1. The van der Waals surface area contributed by atoms with Crippen LogP contribution in [0.15, 0.2) is 0 Å². The minimum atomic E-state index is -4.16. The summed E-state index contributed by atoms with van der Waals surface area (Å²) in [6.45, 7) is 9.36. The molecule has 0 aromatic rings. The molecule has 2 unspecified atom stereocenters. The summed E-state index contributed by atoms with van der Waals surface area (Å²) in [5.41, 5.74) is 0. The summed E-state index contributed by atoms with van der Waals surface area (Å²) in [6.07, 6.45) is 37.6. The molecule has 0 spiro atoms. The van der Waals surface area contributed by atoms with Crippen LogP contribution in [0.1, 0.15) is 195 Å².